The molecule has 1 saturated heterocycles. The van der Waals surface area contributed by atoms with E-state index >= 15 is 0 Å². The summed E-state index contributed by atoms with van der Waals surface area (Å²) < 4.78 is 0. The molecule has 1 amide bonds. The van der Waals surface area contributed by atoms with Crippen molar-refractivity contribution in [3.63, 3.8) is 0 Å². The number of piperidine rings is 1. The van der Waals surface area contributed by atoms with Gasteiger partial charge in [-0.15, -0.1) is 0 Å². The lowest BCUT2D eigenvalue weighted by atomic mass is 9.98. The number of primary amides is 1. The highest BCUT2D eigenvalue weighted by Gasteiger charge is 2.20. The predicted octanol–water partition coefficient (Wildman–Crippen LogP) is 1.13. The topological polar surface area (TPSA) is 102 Å². The minimum atomic E-state index is -0.651. The van der Waals surface area contributed by atoms with E-state index < -0.39 is 10.8 Å². The van der Waals surface area contributed by atoms with Crippen LogP contribution in [0.5, 0.6) is 0 Å². The third-order valence-electron chi connectivity index (χ3n) is 3.80. The van der Waals surface area contributed by atoms with Crippen molar-refractivity contribution in [2.45, 2.75) is 12.8 Å². The zero-order valence-corrected chi connectivity index (χ0v) is 12.0. The highest BCUT2D eigenvalue weighted by atomic mass is 16.6. The summed E-state index contributed by atoms with van der Waals surface area (Å²) in [7, 11) is 1.88. The van der Waals surface area contributed by atoms with Gasteiger partial charge in [0.15, 0.2) is 0 Å². The third kappa shape index (κ3) is 3.69. The second-order valence-corrected chi connectivity index (χ2v) is 5.42. The van der Waals surface area contributed by atoms with Gasteiger partial charge in [-0.05, 0) is 37.9 Å². The molecule has 1 aromatic rings. The highest BCUT2D eigenvalue weighted by molar-refractivity contribution is 5.99. The zero-order valence-electron chi connectivity index (χ0n) is 12.0. The number of hydrogen-bond donors (Lipinski definition) is 2. The lowest BCUT2D eigenvalue weighted by Gasteiger charge is -2.29. The van der Waals surface area contributed by atoms with Gasteiger partial charge in [0.1, 0.15) is 0 Å². The number of nitrogens with two attached hydrogens (primary N) is 1. The van der Waals surface area contributed by atoms with Crippen molar-refractivity contribution < 1.29 is 9.72 Å². The van der Waals surface area contributed by atoms with E-state index in [9.17, 15) is 14.9 Å². The molecule has 21 heavy (non-hydrogen) atoms. The Hall–Kier alpha value is -2.15. The number of nitrogens with zero attached hydrogens (tertiary/aromatic N) is 2. The van der Waals surface area contributed by atoms with Gasteiger partial charge in [-0.25, -0.2) is 0 Å². The molecule has 2 rings (SSSR count). The van der Waals surface area contributed by atoms with Gasteiger partial charge >= 0.3 is 0 Å². The molecule has 1 unspecified atom stereocenters. The van der Waals surface area contributed by atoms with Gasteiger partial charge in [0.2, 0.25) is 0 Å². The first-order valence-corrected chi connectivity index (χ1v) is 6.99. The van der Waals surface area contributed by atoms with Gasteiger partial charge in [-0.1, -0.05) is 0 Å². The molecular formula is C14H20N4O3. The maximum Gasteiger partial charge on any atom is 0.270 e. The first kappa shape index (κ1) is 15.2. The summed E-state index contributed by atoms with van der Waals surface area (Å²) in [6.45, 7) is 2.78. The third-order valence-corrected chi connectivity index (χ3v) is 3.80. The Balaban J connectivity index is 2.20. The zero-order chi connectivity index (χ0) is 15.4. The number of carbonyl (C=O) groups is 1. The molecule has 0 aliphatic carbocycles. The van der Waals surface area contributed by atoms with E-state index in [0.717, 1.165) is 32.5 Å². The first-order chi connectivity index (χ1) is 9.99. The number of anilines is 1. The SMILES string of the molecule is CN(CC1CCCNC1)c1ccc([N+](=O)[O-])cc1C(N)=O. The molecule has 1 aliphatic rings. The summed E-state index contributed by atoms with van der Waals surface area (Å²) in [6.07, 6.45) is 2.28. The number of nitro groups is 1. The summed E-state index contributed by atoms with van der Waals surface area (Å²) in [5.74, 6) is -0.151. The average molecular weight is 292 g/mol. The normalized spacial score (nSPS) is 18.2. The second-order valence-electron chi connectivity index (χ2n) is 5.42. The van der Waals surface area contributed by atoms with E-state index in [1.54, 1.807) is 6.07 Å². The largest absolute Gasteiger partial charge is 0.374 e. The first-order valence-electron chi connectivity index (χ1n) is 6.99. The fourth-order valence-corrected chi connectivity index (χ4v) is 2.73. The molecule has 0 saturated carbocycles. The predicted molar refractivity (Wildman–Crippen MR) is 80.5 cm³/mol. The monoisotopic (exact) mass is 292 g/mol. The lowest BCUT2D eigenvalue weighted by Crippen LogP contribution is -2.37. The average Bonchev–Trinajstić information content (AvgIpc) is 2.47. The molecule has 0 bridgehead atoms. The summed E-state index contributed by atoms with van der Waals surface area (Å²) in [4.78, 5) is 23.8. The Morgan fingerprint density at radius 1 is 1.57 bits per heavy atom. The molecule has 114 valence electrons. The van der Waals surface area contributed by atoms with Gasteiger partial charge in [0.05, 0.1) is 10.5 Å². The molecule has 0 spiro atoms. The number of carbonyl (C=O) groups excluding carboxylic acids is 1. The Bertz CT molecular complexity index is 541. The van der Waals surface area contributed by atoms with Crippen LogP contribution in [-0.4, -0.2) is 37.5 Å². The second kappa shape index (κ2) is 6.53. The Morgan fingerprint density at radius 2 is 2.33 bits per heavy atom. The number of benzene rings is 1. The maximum absolute atomic E-state index is 11.6. The molecule has 1 heterocycles. The molecule has 1 aromatic carbocycles. The van der Waals surface area contributed by atoms with Crippen LogP contribution in [-0.2, 0) is 0 Å². The summed E-state index contributed by atoms with van der Waals surface area (Å²) in [5, 5.41) is 14.2. The van der Waals surface area contributed by atoms with E-state index in [1.807, 2.05) is 11.9 Å². The van der Waals surface area contributed by atoms with Crippen LogP contribution in [0.2, 0.25) is 0 Å². The molecule has 0 aromatic heterocycles. The quantitative estimate of drug-likeness (QED) is 0.625. The number of rotatable bonds is 5. The van der Waals surface area contributed by atoms with Crippen LogP contribution < -0.4 is 16.0 Å². The standard InChI is InChI=1S/C14H20N4O3/c1-17(9-10-3-2-6-16-8-10)13-5-4-11(18(20)21)7-12(13)14(15)19/h4-5,7,10,16H,2-3,6,8-9H2,1H3,(H2,15,19). The van der Waals surface area contributed by atoms with Crippen molar-refractivity contribution in [2.75, 3.05) is 31.6 Å². The Morgan fingerprint density at radius 3 is 2.90 bits per heavy atom. The number of nitro benzene ring substituents is 1. The van der Waals surface area contributed by atoms with Gasteiger partial charge in [0.25, 0.3) is 11.6 Å². The van der Waals surface area contributed by atoms with E-state index in [1.165, 1.54) is 12.1 Å². The van der Waals surface area contributed by atoms with Crippen LogP contribution in [0.1, 0.15) is 23.2 Å². The van der Waals surface area contributed by atoms with Crippen LogP contribution in [0.25, 0.3) is 0 Å². The Kier molecular flexibility index (Phi) is 4.74. The van der Waals surface area contributed by atoms with Gasteiger partial charge < -0.3 is 16.0 Å². The number of non-ortho nitro benzene ring substituents is 1. The molecule has 1 aliphatic heterocycles. The van der Waals surface area contributed by atoms with Crippen molar-refractivity contribution in [3.05, 3.63) is 33.9 Å². The number of hydrogen-bond acceptors (Lipinski definition) is 5. The van der Waals surface area contributed by atoms with Crippen LogP contribution in [0.3, 0.4) is 0 Å². The lowest BCUT2D eigenvalue weighted by molar-refractivity contribution is -0.384. The minimum absolute atomic E-state index is 0.125. The van der Waals surface area contributed by atoms with E-state index in [0.29, 0.717) is 11.6 Å². The van der Waals surface area contributed by atoms with Crippen molar-refractivity contribution in [2.24, 2.45) is 11.7 Å². The molecule has 3 N–H and O–H groups in total. The fourth-order valence-electron chi connectivity index (χ4n) is 2.73. The van der Waals surface area contributed by atoms with E-state index in [2.05, 4.69) is 5.32 Å². The van der Waals surface area contributed by atoms with Gasteiger partial charge in [-0.3, -0.25) is 14.9 Å². The molecular weight excluding hydrogens is 272 g/mol. The number of amides is 1. The molecule has 0 radical (unpaired) electrons. The van der Waals surface area contributed by atoms with Crippen molar-refractivity contribution in [3.8, 4) is 0 Å². The summed E-state index contributed by atoms with van der Waals surface area (Å²) in [6, 6.07) is 4.24. The van der Waals surface area contributed by atoms with Crippen LogP contribution >= 0.6 is 0 Å². The molecule has 1 fully saturated rings. The van der Waals surface area contributed by atoms with Crippen molar-refractivity contribution in [1.82, 2.24) is 5.32 Å². The van der Waals surface area contributed by atoms with Crippen molar-refractivity contribution in [1.29, 1.82) is 0 Å². The van der Waals surface area contributed by atoms with E-state index in [4.69, 9.17) is 5.73 Å². The summed E-state index contributed by atoms with van der Waals surface area (Å²) >= 11 is 0. The van der Waals surface area contributed by atoms with Crippen LogP contribution in [0, 0.1) is 16.0 Å². The summed E-state index contributed by atoms with van der Waals surface area (Å²) in [5.41, 5.74) is 6.06. The maximum atomic E-state index is 11.6. The highest BCUT2D eigenvalue weighted by Crippen LogP contribution is 2.26. The molecule has 1 atom stereocenters. The van der Waals surface area contributed by atoms with Gasteiger partial charge in [0, 0.05) is 31.4 Å². The number of nitrogens with one attached hydrogen (secondary N) is 1. The molecule has 7 heteroatoms. The fraction of sp³-hybridized carbons (Fsp3) is 0.500. The van der Waals surface area contributed by atoms with Crippen molar-refractivity contribution >= 4 is 17.3 Å². The Labute approximate surface area is 123 Å². The van der Waals surface area contributed by atoms with Crippen LogP contribution in [0.4, 0.5) is 11.4 Å². The van der Waals surface area contributed by atoms with Gasteiger partial charge in [-0.2, -0.15) is 0 Å². The van der Waals surface area contributed by atoms with Crippen LogP contribution in [0.15, 0.2) is 18.2 Å². The smallest absolute Gasteiger partial charge is 0.270 e. The van der Waals surface area contributed by atoms with E-state index in [-0.39, 0.29) is 11.3 Å². The molecule has 7 nitrogen and oxygen atoms in total. The minimum Gasteiger partial charge on any atom is -0.374 e.